The van der Waals surface area contributed by atoms with Crippen LogP contribution >= 0.6 is 48.7 Å². The van der Waals surface area contributed by atoms with Gasteiger partial charge < -0.3 is 40.0 Å². The number of phenols is 1. The Hall–Kier alpha value is -4.97. The van der Waals surface area contributed by atoms with Crippen molar-refractivity contribution in [1.82, 2.24) is 11.2 Å². The molecule has 332 valence electrons. The first kappa shape index (κ1) is 57.1. The third kappa shape index (κ3) is 23.6. The van der Waals surface area contributed by atoms with Gasteiger partial charge in [0.05, 0.1) is 23.1 Å². The lowest BCUT2D eigenvalue weighted by molar-refractivity contribution is -0.385. The molecule has 19 nitrogen and oxygen atoms in total. The number of esters is 2. The number of ether oxygens (including phenoxy) is 2. The summed E-state index contributed by atoms with van der Waals surface area (Å²) in [5.74, 6) is -0.243. The fourth-order valence-electron chi connectivity index (χ4n) is 3.65. The van der Waals surface area contributed by atoms with Crippen LogP contribution in [0.15, 0.2) is 109 Å². The second kappa shape index (κ2) is 27.0. The van der Waals surface area contributed by atoms with Gasteiger partial charge in [-0.3, -0.25) is 29.8 Å². The van der Waals surface area contributed by atoms with E-state index in [9.17, 15) is 38.9 Å². The second-order valence-corrected chi connectivity index (χ2v) is 18.0. The first-order chi connectivity index (χ1) is 26.9. The van der Waals surface area contributed by atoms with Crippen molar-refractivity contribution in [2.45, 2.75) is 52.6 Å². The molecule has 1 atom stereocenters. The smallest absolute Gasteiger partial charge is 0.508 e. The number of benzene rings is 4. The molecule has 0 spiro atoms. The van der Waals surface area contributed by atoms with Crippen LogP contribution in [0.1, 0.15) is 41.5 Å². The van der Waals surface area contributed by atoms with Gasteiger partial charge in [0, 0.05) is 46.7 Å². The highest BCUT2D eigenvalue weighted by Gasteiger charge is 2.41. The molecule has 0 aromatic heterocycles. The maximum atomic E-state index is 13.4. The number of nitrogens with zero attached hydrogens (tertiary/aromatic N) is 2. The van der Waals surface area contributed by atoms with Crippen molar-refractivity contribution in [2.75, 3.05) is 13.2 Å². The molecule has 4 aromatic rings. The van der Waals surface area contributed by atoms with Crippen LogP contribution in [-0.4, -0.2) is 51.2 Å². The molecule has 0 aliphatic carbocycles. The molecule has 0 heterocycles. The molecule has 0 aliphatic heterocycles. The molecule has 4 aromatic carbocycles. The van der Waals surface area contributed by atoms with Crippen LogP contribution in [0.4, 0.5) is 11.4 Å². The number of rotatable bonds is 14. The highest BCUT2D eigenvalue weighted by atomic mass is 35.9. The quantitative estimate of drug-likeness (QED) is 0.0395. The average Bonchev–Trinajstić information content (AvgIpc) is 3.12. The van der Waals surface area contributed by atoms with Gasteiger partial charge in [0.1, 0.15) is 34.1 Å². The molecule has 60 heavy (non-hydrogen) atoms. The van der Waals surface area contributed by atoms with Crippen molar-refractivity contribution in [3.8, 4) is 23.0 Å². The normalized spacial score (nSPS) is 11.4. The van der Waals surface area contributed by atoms with Gasteiger partial charge in [0.25, 0.3) is 11.4 Å². The number of aromatic hydroxyl groups is 1. The summed E-state index contributed by atoms with van der Waals surface area (Å²) in [6.45, 7) is 10.1. The lowest BCUT2D eigenvalue weighted by Gasteiger charge is -2.29. The van der Waals surface area contributed by atoms with Crippen LogP contribution in [0, 0.1) is 20.2 Å². The van der Waals surface area contributed by atoms with Crippen LogP contribution in [0.3, 0.4) is 0 Å². The number of para-hydroxylation sites is 2. The summed E-state index contributed by atoms with van der Waals surface area (Å²) in [5, 5.41) is 32.1. The third-order valence-electron chi connectivity index (χ3n) is 6.26. The predicted molar refractivity (Wildman–Crippen MR) is 231 cm³/mol. The summed E-state index contributed by atoms with van der Waals surface area (Å²) in [7, 11) is -4.12. The van der Waals surface area contributed by atoms with E-state index in [1.54, 1.807) is 88.4 Å². The molecule has 0 amide bonds. The average molecular weight is 943 g/mol. The van der Waals surface area contributed by atoms with Gasteiger partial charge in [-0.1, -0.05) is 36.4 Å². The van der Waals surface area contributed by atoms with Gasteiger partial charge in [-0.15, -0.1) is 12.4 Å². The number of phenolic OH excluding ortho intramolecular Hbond substituents is 1. The number of carbonyl (C=O) groups is 2. The van der Waals surface area contributed by atoms with E-state index in [0.29, 0.717) is 12.4 Å². The van der Waals surface area contributed by atoms with Crippen molar-refractivity contribution < 1.29 is 56.7 Å². The van der Waals surface area contributed by atoms with Crippen LogP contribution < -0.4 is 30.5 Å². The Bertz CT molecular complexity index is 2010. The van der Waals surface area contributed by atoms with Gasteiger partial charge in [0.15, 0.2) is 0 Å². The topological polar surface area (TPSA) is 294 Å². The van der Waals surface area contributed by atoms with Crippen molar-refractivity contribution in [3.05, 3.63) is 129 Å². The predicted octanol–water partition coefficient (Wildman–Crippen LogP) is 9.91. The lowest BCUT2D eigenvalue weighted by atomic mass is 10.1. The Morgan fingerprint density at radius 3 is 1.37 bits per heavy atom. The summed E-state index contributed by atoms with van der Waals surface area (Å²) in [4.78, 5) is 42.6. The zero-order valence-corrected chi connectivity index (χ0v) is 37.4. The molecule has 0 aliphatic rings. The maximum absolute atomic E-state index is 13.4. The molecule has 4 rings (SSSR count). The minimum Gasteiger partial charge on any atom is -0.508 e. The van der Waals surface area contributed by atoms with Crippen LogP contribution in [0.2, 0.25) is 0 Å². The number of hydrogen-bond donors (Lipinski definition) is 4. The molecule has 0 fully saturated rings. The van der Waals surface area contributed by atoms with Crippen LogP contribution in [0.25, 0.3) is 0 Å². The number of nitrogens with two attached hydrogens (primary N) is 1. The van der Waals surface area contributed by atoms with E-state index in [0.717, 1.165) is 0 Å². The molecule has 1 unspecified atom stereocenters. The molecule has 0 saturated carbocycles. The molecule has 0 saturated heterocycles. The second-order valence-electron chi connectivity index (χ2n) is 12.2. The maximum Gasteiger partial charge on any atom is 0.513 e. The first-order valence-corrected chi connectivity index (χ1v) is 21.8. The molecular formula is C36H48Cl3N5O14P2. The van der Waals surface area contributed by atoms with Crippen molar-refractivity contribution >= 4 is 72.0 Å². The van der Waals surface area contributed by atoms with E-state index < -0.39 is 40.7 Å². The van der Waals surface area contributed by atoms with Crippen LogP contribution in [0.5, 0.6) is 23.0 Å². The Labute approximate surface area is 362 Å². The van der Waals surface area contributed by atoms with Crippen molar-refractivity contribution in [3.63, 3.8) is 0 Å². The number of nitrogens with one attached hydrogen (secondary N) is 1. The van der Waals surface area contributed by atoms with E-state index in [1.165, 1.54) is 62.4 Å². The summed E-state index contributed by atoms with van der Waals surface area (Å²) in [6, 6.07) is 26.8. The summed E-state index contributed by atoms with van der Waals surface area (Å²) < 4.78 is 49.4. The Balaban J connectivity index is 0. The van der Waals surface area contributed by atoms with E-state index in [1.807, 2.05) is 0 Å². The van der Waals surface area contributed by atoms with E-state index >= 15 is 0 Å². The molecule has 0 bridgehead atoms. The van der Waals surface area contributed by atoms with E-state index in [-0.39, 0.29) is 59.8 Å². The summed E-state index contributed by atoms with van der Waals surface area (Å²) >= 11 is 10.3. The Morgan fingerprint density at radius 1 is 0.683 bits per heavy atom. The zero-order valence-electron chi connectivity index (χ0n) is 33.3. The molecule has 7 N–H and O–H groups in total. The molecular weight excluding hydrogens is 895 g/mol. The number of non-ortho nitro benzene ring substituents is 2. The highest BCUT2D eigenvalue weighted by Crippen LogP contribution is 2.57. The van der Waals surface area contributed by atoms with E-state index in [4.69, 9.17) is 47.1 Å². The van der Waals surface area contributed by atoms with Gasteiger partial charge >= 0.3 is 25.8 Å². The summed E-state index contributed by atoms with van der Waals surface area (Å²) in [5.41, 5.74) is 2.99. The molecule has 24 heteroatoms. The number of carbonyl (C=O) groups excluding carboxylic acids is 2. The monoisotopic (exact) mass is 941 g/mol. The molecule has 0 radical (unpaired) electrons. The van der Waals surface area contributed by atoms with Crippen molar-refractivity contribution in [1.29, 1.82) is 0 Å². The minimum absolute atomic E-state index is 0. The van der Waals surface area contributed by atoms with E-state index in [2.05, 4.69) is 14.3 Å². The van der Waals surface area contributed by atoms with Gasteiger partial charge in [0.2, 0.25) is 0 Å². The summed E-state index contributed by atoms with van der Waals surface area (Å²) in [6.07, 6.45) is -3.44. The number of nitro benzene ring substituents is 2. The zero-order chi connectivity index (χ0) is 44.2. The SMILES string of the molecule is CCOC(=O)C(C)(C)N.CCOC(=O)C(C)(C)NP(=O)(Oc1ccccc1)Oc1ccc([N+](=O)[O-])cc1.Cl.N.O=P(Cl)(Cl)Oc1ccccc1.O=[N+]([O-])c1ccc(O)cc1. The number of nitro groups is 2. The standard InChI is InChI=1S/C18H21N2O7P.C6H5Cl2O2P.C6H5NO3.C6H13NO2.ClH.H3N/c1-4-25-17(21)18(2,3)19-28(24,26-15-8-6-5-7-9-15)27-16-12-10-14(11-13-16)20(22)23;7-11(8,9)10-6-4-2-1-3-5-6;8-6-3-1-5(2-4-6)7(9)10;1-4-9-5(8)6(2,3)7;;/h5-13H,4H2,1-3H3,(H,19,24);1-5H;1-4,8H;4,7H2,1-3H3;1H;1H3. The van der Waals surface area contributed by atoms with Gasteiger partial charge in [-0.05, 0) is 90.1 Å². The lowest BCUT2D eigenvalue weighted by Crippen LogP contribution is -2.47. The van der Waals surface area contributed by atoms with Gasteiger partial charge in [-0.25, -0.2) is 9.13 Å². The minimum atomic E-state index is -4.12. The fraction of sp³-hybridized carbons (Fsp3) is 0.278. The fourth-order valence-corrected chi connectivity index (χ4v) is 6.20. The Morgan fingerprint density at radius 2 is 1.03 bits per heavy atom. The Kier molecular flexibility index (Phi) is 25.7. The van der Waals surface area contributed by atoms with Crippen molar-refractivity contribution in [2.24, 2.45) is 5.73 Å². The first-order valence-electron chi connectivity index (χ1n) is 16.8. The largest absolute Gasteiger partial charge is 0.513 e. The number of hydrogen-bond acceptors (Lipinski definition) is 16. The van der Waals surface area contributed by atoms with Crippen LogP contribution in [-0.2, 0) is 28.2 Å². The highest BCUT2D eigenvalue weighted by molar-refractivity contribution is 8.05. The third-order valence-corrected chi connectivity index (χ3v) is 8.83. The van der Waals surface area contributed by atoms with Gasteiger partial charge in [-0.2, -0.15) is 5.09 Å². The number of halogens is 3.